The van der Waals surface area contributed by atoms with Crippen LogP contribution in [0.2, 0.25) is 0 Å². The van der Waals surface area contributed by atoms with E-state index in [-0.39, 0.29) is 17.5 Å². The number of hydrogen-bond donors (Lipinski definition) is 3. The summed E-state index contributed by atoms with van der Waals surface area (Å²) in [5.41, 5.74) is 3.80. The molecule has 4 aromatic rings. The van der Waals surface area contributed by atoms with E-state index >= 15 is 0 Å². The number of esters is 1. The van der Waals surface area contributed by atoms with E-state index in [2.05, 4.69) is 16.0 Å². The van der Waals surface area contributed by atoms with Crippen molar-refractivity contribution in [1.29, 1.82) is 0 Å². The van der Waals surface area contributed by atoms with Gasteiger partial charge in [-0.1, -0.05) is 48.5 Å². The Morgan fingerprint density at radius 2 is 1.69 bits per heavy atom. The van der Waals surface area contributed by atoms with E-state index in [4.69, 9.17) is 4.74 Å². The van der Waals surface area contributed by atoms with Crippen LogP contribution in [0.3, 0.4) is 0 Å². The molecule has 5 rings (SSSR count). The second kappa shape index (κ2) is 15.8. The number of nitrogens with zero attached hydrogens (tertiary/aromatic N) is 1. The van der Waals surface area contributed by atoms with Crippen molar-refractivity contribution in [3.8, 4) is 0 Å². The van der Waals surface area contributed by atoms with Crippen molar-refractivity contribution in [2.24, 2.45) is 0 Å². The number of nitrogens with one attached hydrogen (secondary N) is 3. The number of fused-ring (bicyclic) bond motifs is 1. The lowest BCUT2D eigenvalue weighted by Crippen LogP contribution is -2.33. The maximum Gasteiger partial charge on any atom is 0.341 e. The number of thiophene rings is 1. The summed E-state index contributed by atoms with van der Waals surface area (Å²) >= 11 is 2.56. The molecule has 0 aliphatic carbocycles. The van der Waals surface area contributed by atoms with Crippen molar-refractivity contribution in [3.05, 3.63) is 117 Å². The van der Waals surface area contributed by atoms with Crippen LogP contribution >= 0.6 is 23.1 Å². The highest BCUT2D eigenvalue weighted by molar-refractivity contribution is 8.00. The average Bonchev–Trinajstić information content (AvgIpc) is 3.45. The molecule has 3 N–H and O–H groups in total. The van der Waals surface area contributed by atoms with Gasteiger partial charge in [-0.15, -0.1) is 23.1 Å². The smallest absolute Gasteiger partial charge is 0.341 e. The molecule has 1 aliphatic heterocycles. The van der Waals surface area contributed by atoms with Crippen molar-refractivity contribution < 1.29 is 28.7 Å². The van der Waals surface area contributed by atoms with Crippen LogP contribution in [0, 0.1) is 6.92 Å². The molecule has 4 amide bonds. The standard InChI is InChI=1S/C37H36N4O6S2/c1-22-11-8-9-14-26(22)19-30(39-34(44)25-12-6-5-7-13-25)35(45)38-27-15-10-16-28(20-27)48-23(2)33(43)40-36-32(37(46)47-4)29-17-18-41(24(3)42)21-31(29)49-36/h5-16,19-20,23H,17-18,21H2,1-4H3,(H,38,45)(H,39,44)(H,40,43)/b30-19-. The first kappa shape index (κ1) is 35.1. The molecule has 0 spiro atoms. The lowest BCUT2D eigenvalue weighted by Gasteiger charge is -2.25. The van der Waals surface area contributed by atoms with Gasteiger partial charge in [0.05, 0.1) is 24.5 Å². The Labute approximate surface area is 292 Å². The molecule has 1 atom stereocenters. The van der Waals surface area contributed by atoms with Gasteiger partial charge in [0.1, 0.15) is 10.7 Å². The van der Waals surface area contributed by atoms with Crippen molar-refractivity contribution in [1.82, 2.24) is 10.2 Å². The lowest BCUT2D eigenvalue weighted by atomic mass is 10.0. The number of hydrogen-bond acceptors (Lipinski definition) is 8. The van der Waals surface area contributed by atoms with Gasteiger partial charge in [-0.2, -0.15) is 0 Å². The first-order valence-corrected chi connectivity index (χ1v) is 17.2. The average molecular weight is 697 g/mol. The Kier molecular flexibility index (Phi) is 11.3. The summed E-state index contributed by atoms with van der Waals surface area (Å²) < 4.78 is 5.03. The van der Waals surface area contributed by atoms with E-state index in [1.54, 1.807) is 60.4 Å². The molecule has 49 heavy (non-hydrogen) atoms. The van der Waals surface area contributed by atoms with Crippen molar-refractivity contribution in [2.45, 2.75) is 43.9 Å². The fourth-order valence-electron chi connectivity index (χ4n) is 5.24. The predicted octanol–water partition coefficient (Wildman–Crippen LogP) is 6.28. The maximum absolute atomic E-state index is 13.6. The van der Waals surface area contributed by atoms with Crippen LogP contribution in [0.15, 0.2) is 89.5 Å². The maximum atomic E-state index is 13.6. The van der Waals surface area contributed by atoms with Gasteiger partial charge in [-0.05, 0) is 73.4 Å². The molecule has 3 aromatic carbocycles. The molecule has 0 saturated heterocycles. The first-order valence-electron chi connectivity index (χ1n) is 15.5. The molecule has 1 aliphatic rings. The monoisotopic (exact) mass is 696 g/mol. The minimum atomic E-state index is -0.578. The molecule has 0 fully saturated rings. The third-order valence-electron chi connectivity index (χ3n) is 7.92. The van der Waals surface area contributed by atoms with E-state index < -0.39 is 23.0 Å². The van der Waals surface area contributed by atoms with Gasteiger partial charge in [0.25, 0.3) is 11.8 Å². The minimum absolute atomic E-state index is 0.0526. The molecular formula is C37H36N4O6S2. The highest BCUT2D eigenvalue weighted by Gasteiger charge is 2.31. The van der Waals surface area contributed by atoms with Crippen LogP contribution in [0.5, 0.6) is 0 Å². The number of carbonyl (C=O) groups excluding carboxylic acids is 5. The summed E-state index contributed by atoms with van der Waals surface area (Å²) in [6.45, 7) is 6.03. The van der Waals surface area contributed by atoms with Gasteiger partial charge >= 0.3 is 5.97 Å². The normalized spacial score (nSPS) is 13.1. The SMILES string of the molecule is COC(=O)c1c(NC(=O)C(C)Sc2cccc(NC(=O)/C(=C/c3ccccc3C)NC(=O)c3ccccc3)c2)sc2c1CCN(C(C)=O)C2. The van der Waals surface area contributed by atoms with Gasteiger partial charge in [0.15, 0.2) is 0 Å². The second-order valence-corrected chi connectivity index (χ2v) is 13.9. The van der Waals surface area contributed by atoms with Crippen LogP contribution in [0.1, 0.15) is 56.1 Å². The molecule has 1 aromatic heterocycles. The fourth-order valence-corrected chi connectivity index (χ4v) is 7.42. The van der Waals surface area contributed by atoms with E-state index in [1.165, 1.54) is 37.1 Å². The number of rotatable bonds is 10. The van der Waals surface area contributed by atoms with Crippen LogP contribution < -0.4 is 16.0 Å². The largest absolute Gasteiger partial charge is 0.465 e. The van der Waals surface area contributed by atoms with Crippen LogP contribution in [-0.2, 0) is 32.1 Å². The Morgan fingerprint density at radius 3 is 2.41 bits per heavy atom. The van der Waals surface area contributed by atoms with Crippen molar-refractivity contribution in [2.75, 3.05) is 24.3 Å². The van der Waals surface area contributed by atoms with Crippen LogP contribution in [0.25, 0.3) is 6.08 Å². The van der Waals surface area contributed by atoms with Gasteiger partial charge in [-0.3, -0.25) is 19.2 Å². The van der Waals surface area contributed by atoms with E-state index in [9.17, 15) is 24.0 Å². The van der Waals surface area contributed by atoms with Crippen molar-refractivity contribution in [3.63, 3.8) is 0 Å². The highest BCUT2D eigenvalue weighted by atomic mass is 32.2. The van der Waals surface area contributed by atoms with Crippen LogP contribution in [-0.4, -0.2) is 53.4 Å². The van der Waals surface area contributed by atoms with Gasteiger partial charge in [0, 0.05) is 34.5 Å². The number of methoxy groups -OCH3 is 1. The van der Waals surface area contributed by atoms with E-state index in [0.717, 1.165) is 21.6 Å². The number of anilines is 2. The summed E-state index contributed by atoms with van der Waals surface area (Å²) in [4.78, 5) is 67.9. The minimum Gasteiger partial charge on any atom is -0.465 e. The number of carbonyl (C=O) groups is 5. The van der Waals surface area contributed by atoms with Gasteiger partial charge in [0.2, 0.25) is 11.8 Å². The molecule has 252 valence electrons. The molecule has 12 heteroatoms. The zero-order valence-electron chi connectivity index (χ0n) is 27.5. The fraction of sp³-hybridized carbons (Fsp3) is 0.216. The lowest BCUT2D eigenvalue weighted by molar-refractivity contribution is -0.129. The third-order valence-corrected chi connectivity index (χ3v) is 10.1. The Hall–Kier alpha value is -5.20. The molecule has 0 bridgehead atoms. The van der Waals surface area contributed by atoms with Gasteiger partial charge in [-0.25, -0.2) is 4.79 Å². The zero-order chi connectivity index (χ0) is 35.1. The number of aryl methyl sites for hydroxylation is 1. The molecule has 2 heterocycles. The Morgan fingerprint density at radius 1 is 0.959 bits per heavy atom. The number of thioether (sulfide) groups is 1. The summed E-state index contributed by atoms with van der Waals surface area (Å²) in [7, 11) is 1.30. The molecule has 0 saturated carbocycles. The highest BCUT2D eigenvalue weighted by Crippen LogP contribution is 2.38. The Balaban J connectivity index is 1.30. The molecule has 1 unspecified atom stereocenters. The number of benzene rings is 3. The summed E-state index contributed by atoms with van der Waals surface area (Å²) in [5, 5.41) is 8.35. The van der Waals surface area contributed by atoms with E-state index in [1.807, 2.05) is 43.3 Å². The third kappa shape index (κ3) is 8.64. The summed E-state index contributed by atoms with van der Waals surface area (Å²) in [6.07, 6.45) is 2.13. The number of amides is 4. The van der Waals surface area contributed by atoms with Crippen molar-refractivity contribution >= 4 is 69.5 Å². The quantitative estimate of drug-likeness (QED) is 0.101. The topological polar surface area (TPSA) is 134 Å². The van der Waals surface area contributed by atoms with E-state index in [0.29, 0.717) is 46.2 Å². The molecule has 0 radical (unpaired) electrons. The second-order valence-electron chi connectivity index (χ2n) is 11.4. The number of ether oxygens (including phenoxy) is 1. The zero-order valence-corrected chi connectivity index (χ0v) is 29.1. The summed E-state index contributed by atoms with van der Waals surface area (Å²) in [5.74, 6) is -1.84. The summed E-state index contributed by atoms with van der Waals surface area (Å²) in [6, 6.07) is 23.2. The molecular weight excluding hydrogens is 661 g/mol. The van der Waals surface area contributed by atoms with Gasteiger partial charge < -0.3 is 25.6 Å². The predicted molar refractivity (Wildman–Crippen MR) is 193 cm³/mol. The first-order chi connectivity index (χ1) is 23.5. The van der Waals surface area contributed by atoms with Crippen LogP contribution in [0.4, 0.5) is 10.7 Å². The molecule has 10 nitrogen and oxygen atoms in total. The Bertz CT molecular complexity index is 1940.